The monoisotopic (exact) mass is 341 g/mol. The maximum atomic E-state index is 12.5. The van der Waals surface area contributed by atoms with Crippen LogP contribution in [-0.4, -0.2) is 18.4 Å². The van der Waals surface area contributed by atoms with Crippen molar-refractivity contribution >= 4 is 38.6 Å². The molecule has 1 aromatic carbocycles. The van der Waals surface area contributed by atoms with E-state index in [1.54, 1.807) is 25.1 Å². The molecule has 1 aromatic heterocycles. The maximum Gasteiger partial charge on any atom is 0.241 e. The van der Waals surface area contributed by atoms with Gasteiger partial charge in [-0.2, -0.15) is 0 Å². The number of rotatable bonds is 5. The molecule has 8 heteroatoms. The predicted molar refractivity (Wildman–Crippen MR) is 87.9 cm³/mol. The van der Waals surface area contributed by atoms with E-state index in [0.717, 1.165) is 5.69 Å². The molecule has 2 rings (SSSR count). The summed E-state index contributed by atoms with van der Waals surface area (Å²) in [7, 11) is -3.72. The standard InChI is InChI=1S/C13H15N3O2S3/c1-8-7-20-13(15-8)9(2)16-21(17,18)11-6-4-3-5-10(11)12(14)19/h3-7,9,16H,1-2H3,(H2,14,19). The molecule has 0 aliphatic heterocycles. The lowest BCUT2D eigenvalue weighted by molar-refractivity contribution is 0.566. The molecule has 1 unspecified atom stereocenters. The number of thiocarbonyl (C=S) groups is 1. The van der Waals surface area contributed by atoms with E-state index >= 15 is 0 Å². The van der Waals surface area contributed by atoms with Crippen molar-refractivity contribution in [2.45, 2.75) is 24.8 Å². The fourth-order valence-electron chi connectivity index (χ4n) is 1.82. The second kappa shape index (κ2) is 6.18. The summed E-state index contributed by atoms with van der Waals surface area (Å²) in [4.78, 5) is 4.42. The van der Waals surface area contributed by atoms with Crippen LogP contribution in [0, 0.1) is 6.92 Å². The number of benzene rings is 1. The van der Waals surface area contributed by atoms with Crippen molar-refractivity contribution in [2.75, 3.05) is 0 Å². The lowest BCUT2D eigenvalue weighted by atomic mass is 10.2. The van der Waals surface area contributed by atoms with E-state index in [0.29, 0.717) is 10.6 Å². The third-order valence-corrected chi connectivity index (χ3v) is 5.75. The summed E-state index contributed by atoms with van der Waals surface area (Å²) in [6, 6.07) is 5.98. The summed E-state index contributed by atoms with van der Waals surface area (Å²) in [6.07, 6.45) is 0. The average Bonchev–Trinajstić information content (AvgIpc) is 2.85. The SMILES string of the molecule is Cc1csc(C(C)NS(=O)(=O)c2ccccc2C(N)=S)n1. The molecule has 21 heavy (non-hydrogen) atoms. The van der Waals surface area contributed by atoms with Gasteiger partial charge in [-0.25, -0.2) is 18.1 Å². The Kier molecular flexibility index (Phi) is 4.72. The van der Waals surface area contributed by atoms with Crippen LogP contribution >= 0.6 is 23.6 Å². The smallest absolute Gasteiger partial charge is 0.241 e. The van der Waals surface area contributed by atoms with Crippen LogP contribution in [0.2, 0.25) is 0 Å². The van der Waals surface area contributed by atoms with Crippen LogP contribution in [-0.2, 0) is 10.0 Å². The number of aromatic nitrogens is 1. The Labute approximate surface area is 133 Å². The van der Waals surface area contributed by atoms with Gasteiger partial charge >= 0.3 is 0 Å². The van der Waals surface area contributed by atoms with Crippen LogP contribution in [0.4, 0.5) is 0 Å². The highest BCUT2D eigenvalue weighted by atomic mass is 32.2. The molecule has 0 bridgehead atoms. The maximum absolute atomic E-state index is 12.5. The number of nitrogens with two attached hydrogens (primary N) is 1. The van der Waals surface area contributed by atoms with Crippen LogP contribution in [0.1, 0.15) is 29.2 Å². The first-order valence-electron chi connectivity index (χ1n) is 6.14. The Morgan fingerprint density at radius 1 is 1.43 bits per heavy atom. The molecule has 112 valence electrons. The molecule has 0 fully saturated rings. The highest BCUT2D eigenvalue weighted by Crippen LogP contribution is 2.22. The van der Waals surface area contributed by atoms with Gasteiger partial charge in [0.25, 0.3) is 0 Å². The molecule has 3 N–H and O–H groups in total. The van der Waals surface area contributed by atoms with Gasteiger partial charge in [0, 0.05) is 16.6 Å². The summed E-state index contributed by atoms with van der Waals surface area (Å²) in [5, 5.41) is 2.59. The number of hydrogen-bond acceptors (Lipinski definition) is 5. The molecule has 0 saturated carbocycles. The van der Waals surface area contributed by atoms with Crippen molar-refractivity contribution in [3.05, 3.63) is 45.9 Å². The van der Waals surface area contributed by atoms with E-state index in [4.69, 9.17) is 18.0 Å². The first-order valence-corrected chi connectivity index (χ1v) is 8.91. The summed E-state index contributed by atoms with van der Waals surface area (Å²) in [5.74, 6) is 0. The van der Waals surface area contributed by atoms with Crippen LogP contribution in [0.3, 0.4) is 0 Å². The first kappa shape index (κ1) is 16.0. The van der Waals surface area contributed by atoms with Crippen LogP contribution in [0.5, 0.6) is 0 Å². The van der Waals surface area contributed by atoms with E-state index < -0.39 is 16.1 Å². The lowest BCUT2D eigenvalue weighted by Gasteiger charge is -2.14. The summed E-state index contributed by atoms with van der Waals surface area (Å²) in [6.45, 7) is 3.61. The minimum absolute atomic E-state index is 0.0497. The number of nitrogens with zero attached hydrogens (tertiary/aromatic N) is 1. The van der Waals surface area contributed by atoms with Gasteiger partial charge in [-0.15, -0.1) is 11.3 Å². The van der Waals surface area contributed by atoms with Gasteiger partial charge in [0.1, 0.15) is 10.00 Å². The highest BCUT2D eigenvalue weighted by molar-refractivity contribution is 7.89. The molecule has 0 aliphatic rings. The van der Waals surface area contributed by atoms with Gasteiger partial charge in [-0.1, -0.05) is 30.4 Å². The van der Waals surface area contributed by atoms with Crippen molar-refractivity contribution in [3.8, 4) is 0 Å². The minimum atomic E-state index is -3.72. The molecule has 0 spiro atoms. The van der Waals surface area contributed by atoms with Gasteiger partial charge in [0.2, 0.25) is 10.0 Å². The fourth-order valence-corrected chi connectivity index (χ4v) is 4.37. The number of hydrogen-bond donors (Lipinski definition) is 2. The van der Waals surface area contributed by atoms with Crippen LogP contribution in [0.15, 0.2) is 34.5 Å². The van der Waals surface area contributed by atoms with Gasteiger partial charge in [-0.05, 0) is 19.9 Å². The second-order valence-corrected chi connectivity index (χ2v) is 7.54. The van der Waals surface area contributed by atoms with Crippen molar-refractivity contribution in [1.29, 1.82) is 0 Å². The number of sulfonamides is 1. The third-order valence-electron chi connectivity index (χ3n) is 2.78. The zero-order chi connectivity index (χ0) is 15.6. The van der Waals surface area contributed by atoms with Crippen molar-refractivity contribution in [1.82, 2.24) is 9.71 Å². The topological polar surface area (TPSA) is 85.1 Å². The van der Waals surface area contributed by atoms with Gasteiger partial charge in [0.15, 0.2) is 0 Å². The van der Waals surface area contributed by atoms with E-state index in [-0.39, 0.29) is 9.88 Å². The van der Waals surface area contributed by atoms with Gasteiger partial charge < -0.3 is 5.73 Å². The molecule has 2 aromatic rings. The molecule has 0 radical (unpaired) electrons. The largest absolute Gasteiger partial charge is 0.389 e. The molecule has 1 heterocycles. The minimum Gasteiger partial charge on any atom is -0.389 e. The summed E-state index contributed by atoms with van der Waals surface area (Å²) < 4.78 is 27.6. The zero-order valence-electron chi connectivity index (χ0n) is 11.5. The third kappa shape index (κ3) is 3.65. The Morgan fingerprint density at radius 2 is 2.10 bits per heavy atom. The molecule has 0 aliphatic carbocycles. The van der Waals surface area contributed by atoms with E-state index in [9.17, 15) is 8.42 Å². The molecule has 5 nitrogen and oxygen atoms in total. The van der Waals surface area contributed by atoms with Crippen LogP contribution in [0.25, 0.3) is 0 Å². The Balaban J connectivity index is 2.33. The molecular weight excluding hydrogens is 326 g/mol. The second-order valence-electron chi connectivity index (χ2n) is 4.53. The fraction of sp³-hybridized carbons (Fsp3) is 0.231. The van der Waals surface area contributed by atoms with Crippen molar-refractivity contribution < 1.29 is 8.42 Å². The molecule has 0 saturated heterocycles. The van der Waals surface area contributed by atoms with Crippen LogP contribution < -0.4 is 10.5 Å². The zero-order valence-corrected chi connectivity index (χ0v) is 14.0. The predicted octanol–water partition coefficient (Wildman–Crippen LogP) is 2.13. The van der Waals surface area contributed by atoms with Crippen molar-refractivity contribution in [2.24, 2.45) is 5.73 Å². The number of nitrogens with one attached hydrogen (secondary N) is 1. The van der Waals surface area contributed by atoms with Gasteiger partial charge in [0.05, 0.1) is 10.9 Å². The van der Waals surface area contributed by atoms with E-state index in [1.165, 1.54) is 17.4 Å². The number of aryl methyl sites for hydroxylation is 1. The first-order chi connectivity index (χ1) is 9.81. The quantitative estimate of drug-likeness (QED) is 0.814. The lowest BCUT2D eigenvalue weighted by Crippen LogP contribution is -2.29. The molecular formula is C13H15N3O2S3. The highest BCUT2D eigenvalue weighted by Gasteiger charge is 2.23. The summed E-state index contributed by atoms with van der Waals surface area (Å²) >= 11 is 6.32. The van der Waals surface area contributed by atoms with Crippen molar-refractivity contribution in [3.63, 3.8) is 0 Å². The summed E-state index contributed by atoms with van der Waals surface area (Å²) in [5.41, 5.74) is 6.79. The Hall–Kier alpha value is -1.35. The number of thiazole rings is 1. The van der Waals surface area contributed by atoms with Gasteiger partial charge in [-0.3, -0.25) is 0 Å². The molecule has 1 atom stereocenters. The van der Waals surface area contributed by atoms with E-state index in [1.807, 2.05) is 12.3 Å². The average molecular weight is 341 g/mol. The normalized spacial score (nSPS) is 13.0. The molecule has 0 amide bonds. The Morgan fingerprint density at radius 3 is 2.67 bits per heavy atom. The van der Waals surface area contributed by atoms with E-state index in [2.05, 4.69) is 9.71 Å². The Bertz CT molecular complexity index is 768.